The topological polar surface area (TPSA) is 58.1 Å². The largest absolute Gasteiger partial charge is 0.493 e. The zero-order valence-corrected chi connectivity index (χ0v) is 18.4. The molecule has 0 radical (unpaired) electrons. The summed E-state index contributed by atoms with van der Waals surface area (Å²) in [5.41, 5.74) is 4.18. The van der Waals surface area contributed by atoms with Gasteiger partial charge in [-0.1, -0.05) is 30.3 Å². The van der Waals surface area contributed by atoms with Crippen LogP contribution in [0.5, 0.6) is 11.5 Å². The van der Waals surface area contributed by atoms with Crippen LogP contribution in [0.3, 0.4) is 0 Å². The lowest BCUT2D eigenvalue weighted by Gasteiger charge is -2.28. The van der Waals surface area contributed by atoms with Crippen LogP contribution in [-0.2, 0) is 19.4 Å². The van der Waals surface area contributed by atoms with Gasteiger partial charge in [-0.05, 0) is 48.1 Å². The van der Waals surface area contributed by atoms with Crippen LogP contribution < -0.4 is 20.1 Å². The van der Waals surface area contributed by atoms with Crippen LogP contribution in [0.1, 0.15) is 23.1 Å². The summed E-state index contributed by atoms with van der Waals surface area (Å²) >= 11 is 0. The van der Waals surface area contributed by atoms with E-state index in [1.165, 1.54) is 16.7 Å². The molecule has 1 heterocycles. The zero-order chi connectivity index (χ0) is 21.2. The third kappa shape index (κ3) is 6.13. The molecule has 162 valence electrons. The molecule has 6 nitrogen and oxygen atoms in total. The predicted molar refractivity (Wildman–Crippen MR) is 123 cm³/mol. The molecule has 6 heteroatoms. The lowest BCUT2D eigenvalue weighted by Crippen LogP contribution is -2.40. The van der Waals surface area contributed by atoms with Crippen LogP contribution in [0.4, 0.5) is 0 Å². The molecule has 0 atom stereocenters. The van der Waals surface area contributed by atoms with Crippen LogP contribution in [0.15, 0.2) is 47.5 Å². The first-order valence-electron chi connectivity index (χ1n) is 10.7. The molecular weight excluding hydrogens is 376 g/mol. The van der Waals surface area contributed by atoms with Gasteiger partial charge >= 0.3 is 0 Å². The second-order valence-corrected chi connectivity index (χ2v) is 7.51. The number of nitrogens with zero attached hydrogens (tertiary/aromatic N) is 2. The van der Waals surface area contributed by atoms with Crippen molar-refractivity contribution in [1.29, 1.82) is 0 Å². The van der Waals surface area contributed by atoms with Gasteiger partial charge in [0, 0.05) is 39.8 Å². The molecule has 30 heavy (non-hydrogen) atoms. The van der Waals surface area contributed by atoms with Gasteiger partial charge in [-0.25, -0.2) is 0 Å². The SMILES string of the molecule is CN=C(NCCCN1CCc2ccccc2C1)NCCc1ccc(OC)c(OC)c1. The van der Waals surface area contributed by atoms with Crippen molar-refractivity contribution >= 4 is 5.96 Å². The molecular formula is C24H34N4O2. The minimum atomic E-state index is 0.754. The van der Waals surface area contributed by atoms with E-state index in [4.69, 9.17) is 9.47 Å². The number of fused-ring (bicyclic) bond motifs is 1. The van der Waals surface area contributed by atoms with Crippen molar-refractivity contribution in [3.8, 4) is 11.5 Å². The molecule has 0 aromatic heterocycles. The summed E-state index contributed by atoms with van der Waals surface area (Å²) in [5.74, 6) is 2.36. The number of rotatable bonds is 9. The van der Waals surface area contributed by atoms with Gasteiger partial charge in [-0.3, -0.25) is 9.89 Å². The Morgan fingerprint density at radius 1 is 1.00 bits per heavy atom. The van der Waals surface area contributed by atoms with Crippen LogP contribution in [-0.4, -0.2) is 58.3 Å². The molecule has 2 aromatic rings. The van der Waals surface area contributed by atoms with E-state index in [1.54, 1.807) is 14.2 Å². The van der Waals surface area contributed by atoms with Crippen molar-refractivity contribution in [2.24, 2.45) is 4.99 Å². The van der Waals surface area contributed by atoms with Gasteiger partial charge in [0.25, 0.3) is 0 Å². The lowest BCUT2D eigenvalue weighted by atomic mass is 10.00. The fourth-order valence-electron chi connectivity index (χ4n) is 3.84. The summed E-state index contributed by atoms with van der Waals surface area (Å²) in [7, 11) is 5.13. The van der Waals surface area contributed by atoms with Gasteiger partial charge in [-0.15, -0.1) is 0 Å². The number of hydrogen-bond donors (Lipinski definition) is 2. The Morgan fingerprint density at radius 2 is 1.77 bits per heavy atom. The molecule has 1 aliphatic rings. The number of ether oxygens (including phenoxy) is 2. The fourth-order valence-corrected chi connectivity index (χ4v) is 3.84. The Bertz CT molecular complexity index is 838. The Hall–Kier alpha value is -2.73. The molecule has 2 N–H and O–H groups in total. The minimum absolute atomic E-state index is 0.754. The first-order chi connectivity index (χ1) is 14.7. The van der Waals surface area contributed by atoms with Crippen molar-refractivity contribution in [2.75, 3.05) is 47.4 Å². The molecule has 3 rings (SSSR count). The van der Waals surface area contributed by atoms with Gasteiger partial charge in [0.2, 0.25) is 0 Å². The third-order valence-electron chi connectivity index (χ3n) is 5.53. The monoisotopic (exact) mass is 410 g/mol. The van der Waals surface area contributed by atoms with E-state index in [-0.39, 0.29) is 0 Å². The van der Waals surface area contributed by atoms with E-state index in [0.717, 1.165) is 69.4 Å². The summed E-state index contributed by atoms with van der Waals surface area (Å²) in [6, 6.07) is 14.8. The first-order valence-corrected chi connectivity index (χ1v) is 10.7. The van der Waals surface area contributed by atoms with Crippen molar-refractivity contribution in [3.05, 3.63) is 59.2 Å². The number of hydrogen-bond acceptors (Lipinski definition) is 4. The van der Waals surface area contributed by atoms with Gasteiger partial charge in [-0.2, -0.15) is 0 Å². The number of aliphatic imine (C=N–C) groups is 1. The van der Waals surface area contributed by atoms with Crippen molar-refractivity contribution in [2.45, 2.75) is 25.8 Å². The maximum absolute atomic E-state index is 5.37. The number of benzene rings is 2. The maximum Gasteiger partial charge on any atom is 0.190 e. The Kier molecular flexibility index (Phi) is 8.39. The average Bonchev–Trinajstić information content (AvgIpc) is 2.80. The van der Waals surface area contributed by atoms with Crippen LogP contribution in [0.25, 0.3) is 0 Å². The van der Waals surface area contributed by atoms with Gasteiger partial charge in [0.15, 0.2) is 17.5 Å². The van der Waals surface area contributed by atoms with Crippen LogP contribution in [0, 0.1) is 0 Å². The number of nitrogens with one attached hydrogen (secondary N) is 2. The van der Waals surface area contributed by atoms with Crippen molar-refractivity contribution in [1.82, 2.24) is 15.5 Å². The van der Waals surface area contributed by atoms with Gasteiger partial charge in [0.05, 0.1) is 14.2 Å². The molecule has 0 bridgehead atoms. The summed E-state index contributed by atoms with van der Waals surface area (Å²) in [6.07, 6.45) is 3.13. The highest BCUT2D eigenvalue weighted by molar-refractivity contribution is 5.79. The van der Waals surface area contributed by atoms with E-state index in [0.29, 0.717) is 0 Å². The number of methoxy groups -OCH3 is 2. The van der Waals surface area contributed by atoms with Crippen LogP contribution >= 0.6 is 0 Å². The highest BCUT2D eigenvalue weighted by Crippen LogP contribution is 2.27. The zero-order valence-electron chi connectivity index (χ0n) is 18.4. The Morgan fingerprint density at radius 3 is 2.53 bits per heavy atom. The molecule has 0 saturated heterocycles. The lowest BCUT2D eigenvalue weighted by molar-refractivity contribution is 0.251. The van der Waals surface area contributed by atoms with E-state index in [9.17, 15) is 0 Å². The van der Waals surface area contributed by atoms with Crippen LogP contribution in [0.2, 0.25) is 0 Å². The van der Waals surface area contributed by atoms with Gasteiger partial charge in [0.1, 0.15) is 0 Å². The van der Waals surface area contributed by atoms with E-state index in [2.05, 4.69) is 50.9 Å². The molecule has 0 unspecified atom stereocenters. The number of guanidine groups is 1. The first kappa shape index (κ1) is 22.0. The highest BCUT2D eigenvalue weighted by Gasteiger charge is 2.14. The highest BCUT2D eigenvalue weighted by atomic mass is 16.5. The molecule has 0 aliphatic carbocycles. The standard InChI is InChI=1S/C24H34N4O2/c1-25-24(27-14-11-19-9-10-22(29-2)23(17-19)30-3)26-13-6-15-28-16-12-20-7-4-5-8-21(20)18-28/h4-5,7-10,17H,6,11-16,18H2,1-3H3,(H2,25,26,27). The van der Waals surface area contributed by atoms with E-state index in [1.807, 2.05) is 19.2 Å². The van der Waals surface area contributed by atoms with E-state index < -0.39 is 0 Å². The normalized spacial score (nSPS) is 14.2. The maximum atomic E-state index is 5.37. The predicted octanol–water partition coefficient (Wildman–Crippen LogP) is 2.86. The summed E-state index contributed by atoms with van der Waals surface area (Å²) in [6.45, 7) is 5.03. The third-order valence-corrected chi connectivity index (χ3v) is 5.53. The smallest absolute Gasteiger partial charge is 0.190 e. The molecule has 2 aromatic carbocycles. The Balaban J connectivity index is 1.34. The second-order valence-electron chi connectivity index (χ2n) is 7.51. The average molecular weight is 411 g/mol. The molecule has 0 spiro atoms. The minimum Gasteiger partial charge on any atom is -0.493 e. The van der Waals surface area contributed by atoms with Gasteiger partial charge < -0.3 is 20.1 Å². The quantitative estimate of drug-likeness (QED) is 0.378. The summed E-state index contributed by atoms with van der Waals surface area (Å²) in [4.78, 5) is 6.87. The molecule has 0 amide bonds. The summed E-state index contributed by atoms with van der Waals surface area (Å²) in [5, 5.41) is 6.81. The summed E-state index contributed by atoms with van der Waals surface area (Å²) < 4.78 is 10.7. The molecule has 1 aliphatic heterocycles. The van der Waals surface area contributed by atoms with Crippen molar-refractivity contribution < 1.29 is 9.47 Å². The molecule has 0 saturated carbocycles. The molecule has 0 fully saturated rings. The van der Waals surface area contributed by atoms with Crippen molar-refractivity contribution in [3.63, 3.8) is 0 Å². The fraction of sp³-hybridized carbons (Fsp3) is 0.458. The second kappa shape index (κ2) is 11.5. The Labute approximate surface area is 180 Å². The van der Waals surface area contributed by atoms with E-state index >= 15 is 0 Å².